The van der Waals surface area contributed by atoms with Gasteiger partial charge in [0.25, 0.3) is 0 Å². The van der Waals surface area contributed by atoms with Crippen LogP contribution in [0.3, 0.4) is 0 Å². The summed E-state index contributed by atoms with van der Waals surface area (Å²) in [6.07, 6.45) is 0.914. The van der Waals surface area contributed by atoms with Gasteiger partial charge in [0.05, 0.1) is 13.1 Å². The zero-order valence-corrected chi connectivity index (χ0v) is 17.4. The third kappa shape index (κ3) is 5.85. The van der Waals surface area contributed by atoms with Gasteiger partial charge in [0, 0.05) is 46.0 Å². The number of carbonyl (C=O) groups excluding carboxylic acids is 1. The second-order valence-corrected chi connectivity index (χ2v) is 7.41. The summed E-state index contributed by atoms with van der Waals surface area (Å²) in [5.74, 6) is 1.45. The number of carbonyl (C=O) groups is 1. The molecule has 9 nitrogen and oxygen atoms in total. The van der Waals surface area contributed by atoms with Crippen LogP contribution in [0.1, 0.15) is 18.3 Å². The Kier molecular flexibility index (Phi) is 6.95. The van der Waals surface area contributed by atoms with Crippen molar-refractivity contribution in [1.29, 1.82) is 0 Å². The zero-order chi connectivity index (χ0) is 20.8. The van der Waals surface area contributed by atoms with Crippen molar-refractivity contribution in [2.75, 3.05) is 57.9 Å². The fraction of sp³-hybridized carbons (Fsp3) is 0.500. The van der Waals surface area contributed by atoms with Gasteiger partial charge in [-0.15, -0.1) is 0 Å². The second-order valence-electron chi connectivity index (χ2n) is 7.41. The molecule has 1 fully saturated rings. The number of piperazine rings is 1. The summed E-state index contributed by atoms with van der Waals surface area (Å²) in [4.78, 5) is 31.1. The molecule has 0 radical (unpaired) electrons. The second kappa shape index (κ2) is 9.62. The molecule has 0 unspecified atom stereocenters. The highest BCUT2D eigenvalue weighted by Crippen LogP contribution is 2.19. The zero-order valence-electron chi connectivity index (χ0n) is 17.4. The predicted octanol–water partition coefficient (Wildman–Crippen LogP) is 0.966. The van der Waals surface area contributed by atoms with Gasteiger partial charge in [-0.1, -0.05) is 25.1 Å². The van der Waals surface area contributed by atoms with Crippen LogP contribution in [0.15, 0.2) is 24.3 Å². The first-order valence-corrected chi connectivity index (χ1v) is 9.94. The summed E-state index contributed by atoms with van der Waals surface area (Å²) in [6.45, 7) is 6.57. The standard InChI is InChI=1S/C20H30N8O/c1-4-15-7-5-6-8-16(15)22-20-24-17(23-19(21)25-20)13-27-9-11-28(12-10-27)14-18(29)26(2)3/h5-8H,4,9-14H2,1-3H3,(H3,21,22,23,24,25). The lowest BCUT2D eigenvalue weighted by molar-refractivity contribution is -0.130. The van der Waals surface area contributed by atoms with E-state index in [9.17, 15) is 4.79 Å². The first-order chi connectivity index (χ1) is 13.9. The van der Waals surface area contributed by atoms with E-state index in [1.54, 1.807) is 19.0 Å². The van der Waals surface area contributed by atoms with E-state index in [0.717, 1.165) is 38.3 Å². The average Bonchev–Trinajstić information content (AvgIpc) is 2.69. The molecule has 1 amide bonds. The molecule has 1 saturated heterocycles. The van der Waals surface area contributed by atoms with Crippen molar-refractivity contribution in [3.63, 3.8) is 0 Å². The van der Waals surface area contributed by atoms with Crippen LogP contribution in [0.25, 0.3) is 0 Å². The van der Waals surface area contributed by atoms with Crippen molar-refractivity contribution in [2.45, 2.75) is 19.9 Å². The van der Waals surface area contributed by atoms with Crippen LogP contribution >= 0.6 is 0 Å². The molecule has 29 heavy (non-hydrogen) atoms. The van der Waals surface area contributed by atoms with Crippen molar-refractivity contribution in [1.82, 2.24) is 29.7 Å². The van der Waals surface area contributed by atoms with Gasteiger partial charge in [-0.3, -0.25) is 14.6 Å². The normalized spacial score (nSPS) is 15.3. The molecular formula is C20H30N8O. The Morgan fingerprint density at radius 2 is 1.79 bits per heavy atom. The number of likely N-dealkylation sites (N-methyl/N-ethyl adjacent to an activating group) is 1. The van der Waals surface area contributed by atoms with E-state index in [1.165, 1.54) is 5.56 Å². The molecule has 0 atom stereocenters. The lowest BCUT2D eigenvalue weighted by Crippen LogP contribution is -2.49. The van der Waals surface area contributed by atoms with Gasteiger partial charge < -0.3 is 16.0 Å². The lowest BCUT2D eigenvalue weighted by atomic mass is 10.1. The number of amides is 1. The quantitative estimate of drug-likeness (QED) is 0.711. The Balaban J connectivity index is 1.60. The van der Waals surface area contributed by atoms with E-state index in [4.69, 9.17) is 5.73 Å². The number of nitrogens with one attached hydrogen (secondary N) is 1. The minimum atomic E-state index is 0.131. The molecule has 156 valence electrons. The van der Waals surface area contributed by atoms with Crippen LogP contribution in [-0.4, -0.2) is 82.4 Å². The molecule has 9 heteroatoms. The number of aryl methyl sites for hydroxylation is 1. The Labute approximate surface area is 171 Å². The summed E-state index contributed by atoms with van der Waals surface area (Å²) in [5.41, 5.74) is 8.09. The number of nitrogens with two attached hydrogens (primary N) is 1. The van der Waals surface area contributed by atoms with Crippen molar-refractivity contribution < 1.29 is 4.79 Å². The largest absolute Gasteiger partial charge is 0.368 e. The van der Waals surface area contributed by atoms with Gasteiger partial charge in [-0.2, -0.15) is 15.0 Å². The molecule has 0 saturated carbocycles. The number of aromatic nitrogens is 3. The topological polar surface area (TPSA) is 104 Å². The number of rotatable bonds is 7. The van der Waals surface area contributed by atoms with Gasteiger partial charge in [0.15, 0.2) is 0 Å². The van der Waals surface area contributed by atoms with E-state index in [1.807, 2.05) is 18.2 Å². The smallest absolute Gasteiger partial charge is 0.236 e. The third-order valence-corrected chi connectivity index (χ3v) is 5.03. The monoisotopic (exact) mass is 398 g/mol. The molecule has 2 aromatic rings. The maximum absolute atomic E-state index is 11.9. The maximum Gasteiger partial charge on any atom is 0.236 e. The summed E-state index contributed by atoms with van der Waals surface area (Å²) >= 11 is 0. The predicted molar refractivity (Wildman–Crippen MR) is 114 cm³/mol. The van der Waals surface area contributed by atoms with Crippen LogP contribution in [0, 0.1) is 0 Å². The van der Waals surface area contributed by atoms with Gasteiger partial charge in [-0.05, 0) is 18.1 Å². The number of hydrogen-bond donors (Lipinski definition) is 2. The van der Waals surface area contributed by atoms with E-state index < -0.39 is 0 Å². The van der Waals surface area contributed by atoms with Crippen molar-refractivity contribution >= 4 is 23.5 Å². The van der Waals surface area contributed by atoms with Crippen LogP contribution in [0.2, 0.25) is 0 Å². The summed E-state index contributed by atoms with van der Waals surface area (Å²) in [6, 6.07) is 8.08. The Hall–Kier alpha value is -2.78. The molecule has 1 aliphatic rings. The van der Waals surface area contributed by atoms with Crippen molar-refractivity contribution in [3.05, 3.63) is 35.7 Å². The number of para-hydroxylation sites is 1. The van der Waals surface area contributed by atoms with E-state index in [-0.39, 0.29) is 11.9 Å². The van der Waals surface area contributed by atoms with Crippen molar-refractivity contribution in [3.8, 4) is 0 Å². The Bertz CT molecular complexity index is 833. The van der Waals surface area contributed by atoms with Gasteiger partial charge in [0.1, 0.15) is 5.82 Å². The molecule has 0 spiro atoms. The first kappa shape index (κ1) is 20.9. The van der Waals surface area contributed by atoms with Crippen LogP contribution < -0.4 is 11.1 Å². The van der Waals surface area contributed by atoms with Crippen LogP contribution in [0.5, 0.6) is 0 Å². The molecule has 0 bridgehead atoms. The molecule has 0 aliphatic carbocycles. The third-order valence-electron chi connectivity index (χ3n) is 5.03. The van der Waals surface area contributed by atoms with E-state index in [2.05, 4.69) is 43.1 Å². The number of benzene rings is 1. The molecule has 3 rings (SSSR count). The Morgan fingerprint density at radius 3 is 2.48 bits per heavy atom. The highest BCUT2D eigenvalue weighted by molar-refractivity contribution is 5.77. The lowest BCUT2D eigenvalue weighted by Gasteiger charge is -2.34. The van der Waals surface area contributed by atoms with E-state index >= 15 is 0 Å². The summed E-state index contributed by atoms with van der Waals surface area (Å²) in [5, 5.41) is 3.27. The molecule has 3 N–H and O–H groups in total. The highest BCUT2D eigenvalue weighted by atomic mass is 16.2. The number of nitrogens with zero attached hydrogens (tertiary/aromatic N) is 6. The van der Waals surface area contributed by atoms with Gasteiger partial charge in [0.2, 0.25) is 17.8 Å². The average molecular weight is 399 g/mol. The van der Waals surface area contributed by atoms with Gasteiger partial charge >= 0.3 is 0 Å². The highest BCUT2D eigenvalue weighted by Gasteiger charge is 2.20. The van der Waals surface area contributed by atoms with Crippen LogP contribution in [-0.2, 0) is 17.8 Å². The fourth-order valence-corrected chi connectivity index (χ4v) is 3.27. The minimum Gasteiger partial charge on any atom is -0.368 e. The van der Waals surface area contributed by atoms with Crippen LogP contribution in [0.4, 0.5) is 17.6 Å². The SMILES string of the molecule is CCc1ccccc1Nc1nc(N)nc(CN2CCN(CC(=O)N(C)C)CC2)n1. The summed E-state index contributed by atoms with van der Waals surface area (Å²) in [7, 11) is 3.57. The number of hydrogen-bond acceptors (Lipinski definition) is 8. The Morgan fingerprint density at radius 1 is 1.10 bits per heavy atom. The number of anilines is 3. The van der Waals surface area contributed by atoms with Gasteiger partial charge in [-0.25, -0.2) is 0 Å². The molecular weight excluding hydrogens is 368 g/mol. The number of nitrogen functional groups attached to an aromatic ring is 1. The fourth-order valence-electron chi connectivity index (χ4n) is 3.27. The maximum atomic E-state index is 11.9. The van der Waals surface area contributed by atoms with Crippen molar-refractivity contribution in [2.24, 2.45) is 0 Å². The van der Waals surface area contributed by atoms with E-state index in [0.29, 0.717) is 24.9 Å². The molecule has 1 aliphatic heterocycles. The summed E-state index contributed by atoms with van der Waals surface area (Å²) < 4.78 is 0. The molecule has 1 aromatic heterocycles. The first-order valence-electron chi connectivity index (χ1n) is 9.94. The minimum absolute atomic E-state index is 0.131. The molecule has 2 heterocycles. The molecule has 1 aromatic carbocycles.